The molecule has 2 N–H and O–H groups in total. The maximum Gasteiger partial charge on any atom is 0.304 e. The zero-order valence-corrected chi connectivity index (χ0v) is 10.7. The molecule has 0 amide bonds. The molecule has 1 aliphatic rings. The summed E-state index contributed by atoms with van der Waals surface area (Å²) < 4.78 is 0. The van der Waals surface area contributed by atoms with Crippen molar-refractivity contribution in [3.8, 4) is 0 Å². The van der Waals surface area contributed by atoms with Crippen molar-refractivity contribution in [1.29, 1.82) is 0 Å². The average molecular weight is 248 g/mol. The van der Waals surface area contributed by atoms with Crippen molar-refractivity contribution in [3.63, 3.8) is 0 Å². The van der Waals surface area contributed by atoms with Gasteiger partial charge in [0.2, 0.25) is 0 Å². The second-order valence-corrected chi connectivity index (χ2v) is 4.78. The monoisotopic (exact) mass is 248 g/mol. The van der Waals surface area contributed by atoms with E-state index in [9.17, 15) is 4.79 Å². The SMILES string of the molecule is CC(c1ccccc1)N1CCNCC1CC(=O)O. The Morgan fingerprint density at radius 2 is 2.22 bits per heavy atom. The minimum atomic E-state index is -0.728. The molecule has 0 spiro atoms. The lowest BCUT2D eigenvalue weighted by molar-refractivity contribution is -0.138. The number of benzene rings is 1. The maximum atomic E-state index is 10.9. The predicted octanol–water partition coefficient (Wildman–Crippen LogP) is 1.50. The van der Waals surface area contributed by atoms with Crippen LogP contribution in [0.3, 0.4) is 0 Å². The molecule has 98 valence electrons. The van der Waals surface area contributed by atoms with E-state index in [2.05, 4.69) is 29.3 Å². The van der Waals surface area contributed by atoms with E-state index in [0.717, 1.165) is 19.6 Å². The van der Waals surface area contributed by atoms with E-state index in [1.54, 1.807) is 0 Å². The number of carbonyl (C=O) groups is 1. The van der Waals surface area contributed by atoms with Crippen LogP contribution in [0.5, 0.6) is 0 Å². The first kappa shape index (κ1) is 13.1. The fraction of sp³-hybridized carbons (Fsp3) is 0.500. The summed E-state index contributed by atoms with van der Waals surface area (Å²) in [7, 11) is 0. The molecule has 1 aromatic carbocycles. The van der Waals surface area contributed by atoms with Gasteiger partial charge in [-0.05, 0) is 12.5 Å². The normalized spacial score (nSPS) is 22.6. The molecule has 1 saturated heterocycles. The van der Waals surface area contributed by atoms with Crippen LogP contribution >= 0.6 is 0 Å². The fourth-order valence-corrected chi connectivity index (χ4v) is 2.60. The molecular formula is C14H20N2O2. The van der Waals surface area contributed by atoms with Gasteiger partial charge in [-0.2, -0.15) is 0 Å². The Balaban J connectivity index is 2.11. The Kier molecular flexibility index (Phi) is 4.33. The highest BCUT2D eigenvalue weighted by molar-refractivity contribution is 5.67. The van der Waals surface area contributed by atoms with Crippen LogP contribution in [0.25, 0.3) is 0 Å². The summed E-state index contributed by atoms with van der Waals surface area (Å²) in [6.45, 7) is 4.72. The van der Waals surface area contributed by atoms with Crippen LogP contribution in [0, 0.1) is 0 Å². The minimum Gasteiger partial charge on any atom is -0.481 e. The summed E-state index contributed by atoms with van der Waals surface area (Å²) in [6.07, 6.45) is 0.199. The van der Waals surface area contributed by atoms with Crippen molar-refractivity contribution in [3.05, 3.63) is 35.9 Å². The zero-order valence-electron chi connectivity index (χ0n) is 10.7. The number of hydrogen-bond donors (Lipinski definition) is 2. The van der Waals surface area contributed by atoms with Gasteiger partial charge in [0.05, 0.1) is 6.42 Å². The molecule has 2 rings (SSSR count). The first-order chi connectivity index (χ1) is 8.68. The second kappa shape index (κ2) is 5.98. The Morgan fingerprint density at radius 1 is 1.50 bits per heavy atom. The van der Waals surface area contributed by atoms with E-state index in [0.29, 0.717) is 0 Å². The molecule has 1 heterocycles. The van der Waals surface area contributed by atoms with E-state index < -0.39 is 5.97 Å². The van der Waals surface area contributed by atoms with Crippen molar-refractivity contribution in [2.24, 2.45) is 0 Å². The summed E-state index contributed by atoms with van der Waals surface area (Å²) in [4.78, 5) is 13.2. The molecule has 2 unspecified atom stereocenters. The minimum absolute atomic E-state index is 0.0754. The third-order valence-corrected chi connectivity index (χ3v) is 3.59. The van der Waals surface area contributed by atoms with Crippen LogP contribution in [0.15, 0.2) is 30.3 Å². The molecule has 1 aliphatic heterocycles. The highest BCUT2D eigenvalue weighted by atomic mass is 16.4. The molecule has 2 atom stereocenters. The summed E-state index contributed by atoms with van der Waals surface area (Å²) in [6, 6.07) is 10.6. The quantitative estimate of drug-likeness (QED) is 0.848. The van der Waals surface area contributed by atoms with Crippen molar-refractivity contribution in [1.82, 2.24) is 10.2 Å². The summed E-state index contributed by atoms with van der Waals surface area (Å²) in [5.41, 5.74) is 1.25. The Labute approximate surface area is 108 Å². The number of aliphatic carboxylic acids is 1. The van der Waals surface area contributed by atoms with Gasteiger partial charge in [-0.15, -0.1) is 0 Å². The van der Waals surface area contributed by atoms with Gasteiger partial charge >= 0.3 is 5.97 Å². The molecule has 1 aromatic rings. The molecule has 1 fully saturated rings. The van der Waals surface area contributed by atoms with Gasteiger partial charge in [0.1, 0.15) is 0 Å². The van der Waals surface area contributed by atoms with Crippen molar-refractivity contribution in [2.75, 3.05) is 19.6 Å². The predicted molar refractivity (Wildman–Crippen MR) is 70.5 cm³/mol. The molecule has 0 aliphatic carbocycles. The number of hydrogen-bond acceptors (Lipinski definition) is 3. The maximum absolute atomic E-state index is 10.9. The molecule has 18 heavy (non-hydrogen) atoms. The summed E-state index contributed by atoms with van der Waals surface area (Å²) >= 11 is 0. The van der Waals surface area contributed by atoms with Crippen molar-refractivity contribution in [2.45, 2.75) is 25.4 Å². The van der Waals surface area contributed by atoms with E-state index in [1.807, 2.05) is 18.2 Å². The number of rotatable bonds is 4. The molecule has 0 bridgehead atoms. The summed E-state index contributed by atoms with van der Waals surface area (Å²) in [5.74, 6) is -0.728. The summed E-state index contributed by atoms with van der Waals surface area (Å²) in [5, 5.41) is 12.3. The number of carboxylic acids is 1. The third-order valence-electron chi connectivity index (χ3n) is 3.59. The van der Waals surface area contributed by atoms with Crippen LogP contribution in [0.4, 0.5) is 0 Å². The standard InChI is InChI=1S/C14H20N2O2/c1-11(12-5-3-2-4-6-12)16-8-7-15-10-13(16)9-14(17)18/h2-6,11,13,15H,7-10H2,1H3,(H,17,18). The van der Waals surface area contributed by atoms with E-state index >= 15 is 0 Å². The molecular weight excluding hydrogens is 228 g/mol. The Morgan fingerprint density at radius 3 is 2.89 bits per heavy atom. The molecule has 0 aromatic heterocycles. The van der Waals surface area contributed by atoms with Crippen LogP contribution < -0.4 is 5.32 Å². The molecule has 0 radical (unpaired) electrons. The first-order valence-electron chi connectivity index (χ1n) is 6.41. The fourth-order valence-electron chi connectivity index (χ4n) is 2.60. The number of piperazine rings is 1. The van der Waals surface area contributed by atoms with Gasteiger partial charge in [0.25, 0.3) is 0 Å². The van der Waals surface area contributed by atoms with Crippen LogP contribution in [-0.2, 0) is 4.79 Å². The Bertz CT molecular complexity index is 394. The van der Waals surface area contributed by atoms with Crippen LogP contribution in [-0.4, -0.2) is 41.7 Å². The first-order valence-corrected chi connectivity index (χ1v) is 6.41. The van der Waals surface area contributed by atoms with Crippen LogP contribution in [0.2, 0.25) is 0 Å². The average Bonchev–Trinajstić information content (AvgIpc) is 2.39. The van der Waals surface area contributed by atoms with Gasteiger partial charge < -0.3 is 10.4 Å². The lowest BCUT2D eigenvalue weighted by Crippen LogP contribution is -2.52. The molecule has 4 nitrogen and oxygen atoms in total. The van der Waals surface area contributed by atoms with Gasteiger partial charge in [0, 0.05) is 31.7 Å². The zero-order chi connectivity index (χ0) is 13.0. The Hall–Kier alpha value is -1.39. The van der Waals surface area contributed by atoms with Gasteiger partial charge in [-0.1, -0.05) is 30.3 Å². The molecule has 0 saturated carbocycles. The van der Waals surface area contributed by atoms with Crippen molar-refractivity contribution < 1.29 is 9.90 Å². The number of nitrogens with zero attached hydrogens (tertiary/aromatic N) is 1. The van der Waals surface area contributed by atoms with E-state index in [1.165, 1.54) is 5.56 Å². The lowest BCUT2D eigenvalue weighted by Gasteiger charge is -2.39. The van der Waals surface area contributed by atoms with E-state index in [4.69, 9.17) is 5.11 Å². The lowest BCUT2D eigenvalue weighted by atomic mass is 10.0. The number of nitrogens with one attached hydrogen (secondary N) is 1. The largest absolute Gasteiger partial charge is 0.481 e. The van der Waals surface area contributed by atoms with Gasteiger partial charge in [-0.25, -0.2) is 0 Å². The van der Waals surface area contributed by atoms with E-state index in [-0.39, 0.29) is 18.5 Å². The highest BCUT2D eigenvalue weighted by Gasteiger charge is 2.28. The van der Waals surface area contributed by atoms with Gasteiger partial charge in [-0.3, -0.25) is 9.69 Å². The third kappa shape index (κ3) is 3.09. The van der Waals surface area contributed by atoms with Crippen LogP contribution in [0.1, 0.15) is 24.9 Å². The highest BCUT2D eigenvalue weighted by Crippen LogP contribution is 2.24. The smallest absolute Gasteiger partial charge is 0.304 e. The second-order valence-electron chi connectivity index (χ2n) is 4.78. The van der Waals surface area contributed by atoms with Gasteiger partial charge in [0.15, 0.2) is 0 Å². The topological polar surface area (TPSA) is 52.6 Å². The molecule has 4 heteroatoms. The van der Waals surface area contributed by atoms with Crippen molar-refractivity contribution >= 4 is 5.97 Å². The number of carboxylic acid groups (broad SMARTS) is 1.